The van der Waals surface area contributed by atoms with Crippen molar-refractivity contribution in [2.24, 2.45) is 7.05 Å². The van der Waals surface area contributed by atoms with Crippen molar-refractivity contribution in [3.8, 4) is 0 Å². The molecule has 1 aliphatic rings. The van der Waals surface area contributed by atoms with Gasteiger partial charge in [-0.1, -0.05) is 0 Å². The molecule has 6 nitrogen and oxygen atoms in total. The molecule has 1 aliphatic carbocycles. The third-order valence-corrected chi connectivity index (χ3v) is 6.74. The summed E-state index contributed by atoms with van der Waals surface area (Å²) in [7, 11) is -2.10. The summed E-state index contributed by atoms with van der Waals surface area (Å²) in [6.45, 7) is 0.383. The van der Waals surface area contributed by atoms with Gasteiger partial charge in [-0.3, -0.25) is 4.57 Å². The third-order valence-electron chi connectivity index (χ3n) is 4.66. The van der Waals surface area contributed by atoms with Gasteiger partial charge in [-0.05, 0) is 53.4 Å². The molecule has 1 N–H and O–H groups in total. The average molecular weight is 364 g/mol. The van der Waals surface area contributed by atoms with Crippen LogP contribution in [-0.2, 0) is 22.5 Å². The van der Waals surface area contributed by atoms with E-state index in [1.807, 2.05) is 5.38 Å². The number of aromatic nitrogens is 1. The van der Waals surface area contributed by atoms with E-state index in [0.717, 1.165) is 12.8 Å². The molecule has 126 valence electrons. The molecule has 0 radical (unpaired) electrons. The molecule has 0 unspecified atom stereocenters. The number of nitrogens with one attached hydrogen (secondary N) is 1. The van der Waals surface area contributed by atoms with E-state index in [0.29, 0.717) is 17.6 Å². The number of benzene rings is 1. The van der Waals surface area contributed by atoms with Gasteiger partial charge in [0, 0.05) is 19.0 Å². The lowest BCUT2D eigenvalue weighted by atomic mass is 10.0. The summed E-state index contributed by atoms with van der Waals surface area (Å²) in [6.07, 6.45) is 1.98. The lowest BCUT2D eigenvalue weighted by molar-refractivity contribution is 0.528. The molecule has 0 bridgehead atoms. The van der Waals surface area contributed by atoms with Crippen molar-refractivity contribution < 1.29 is 12.8 Å². The smallest absolute Gasteiger partial charge is 0.408 e. The monoisotopic (exact) mass is 364 g/mol. The van der Waals surface area contributed by atoms with Crippen LogP contribution >= 0.6 is 11.3 Å². The fraction of sp³-hybridized carbons (Fsp3) is 0.312. The molecule has 0 aliphatic heterocycles. The van der Waals surface area contributed by atoms with Crippen molar-refractivity contribution in [3.63, 3.8) is 0 Å². The maximum absolute atomic E-state index is 12.6. The van der Waals surface area contributed by atoms with E-state index in [1.165, 1.54) is 28.3 Å². The highest BCUT2D eigenvalue weighted by Crippen LogP contribution is 2.48. The van der Waals surface area contributed by atoms with Crippen molar-refractivity contribution in [3.05, 3.63) is 51.1 Å². The molecule has 8 heteroatoms. The Balaban J connectivity index is 1.61. The number of hydrogen-bond donors (Lipinski definition) is 1. The minimum absolute atomic E-state index is 0.0698. The highest BCUT2D eigenvalue weighted by molar-refractivity contribution is 7.89. The number of hydrogen-bond acceptors (Lipinski definition) is 5. The summed E-state index contributed by atoms with van der Waals surface area (Å²) >= 11 is 1.62. The van der Waals surface area contributed by atoms with Crippen LogP contribution in [0.1, 0.15) is 18.4 Å². The first kappa shape index (κ1) is 15.6. The second-order valence-electron chi connectivity index (χ2n) is 6.17. The lowest BCUT2D eigenvalue weighted by Gasteiger charge is -2.15. The van der Waals surface area contributed by atoms with Crippen LogP contribution in [0.25, 0.3) is 11.1 Å². The Morgan fingerprint density at radius 3 is 2.79 bits per heavy atom. The molecule has 0 saturated heterocycles. The van der Waals surface area contributed by atoms with Gasteiger partial charge in [-0.25, -0.2) is 17.9 Å². The van der Waals surface area contributed by atoms with Crippen LogP contribution in [0.5, 0.6) is 0 Å². The predicted molar refractivity (Wildman–Crippen MR) is 91.9 cm³/mol. The van der Waals surface area contributed by atoms with Crippen LogP contribution in [0.3, 0.4) is 0 Å². The van der Waals surface area contributed by atoms with E-state index < -0.39 is 15.8 Å². The van der Waals surface area contributed by atoms with E-state index in [9.17, 15) is 13.2 Å². The minimum Gasteiger partial charge on any atom is -0.408 e. The van der Waals surface area contributed by atoms with Crippen LogP contribution in [0.4, 0.5) is 0 Å². The highest BCUT2D eigenvalue weighted by Gasteiger charge is 2.45. The van der Waals surface area contributed by atoms with Gasteiger partial charge in [0.05, 0.1) is 10.4 Å². The van der Waals surface area contributed by atoms with Crippen molar-refractivity contribution in [2.75, 3.05) is 6.54 Å². The van der Waals surface area contributed by atoms with Gasteiger partial charge in [0.2, 0.25) is 10.0 Å². The molecule has 1 saturated carbocycles. The van der Waals surface area contributed by atoms with Gasteiger partial charge < -0.3 is 4.42 Å². The molecule has 24 heavy (non-hydrogen) atoms. The average Bonchev–Trinajstić information content (AvgIpc) is 3.03. The Bertz CT molecular complexity index is 1060. The number of thiophene rings is 1. The molecule has 0 atom stereocenters. The van der Waals surface area contributed by atoms with Crippen molar-refractivity contribution in [1.82, 2.24) is 9.29 Å². The second-order valence-corrected chi connectivity index (χ2v) is 8.72. The van der Waals surface area contributed by atoms with E-state index in [2.05, 4.69) is 16.2 Å². The summed E-state index contributed by atoms with van der Waals surface area (Å²) in [6, 6.07) is 6.49. The SMILES string of the molecule is Cn1c(=O)oc2ccc(S(=O)(=O)NCC3(c4ccsc4)CC3)cc21. The van der Waals surface area contributed by atoms with E-state index in [4.69, 9.17) is 4.42 Å². The normalized spacial score (nSPS) is 16.5. The van der Waals surface area contributed by atoms with Crippen molar-refractivity contribution in [1.29, 1.82) is 0 Å². The second kappa shape index (κ2) is 5.30. The van der Waals surface area contributed by atoms with Crippen LogP contribution in [0.2, 0.25) is 0 Å². The zero-order chi connectivity index (χ0) is 16.9. The number of sulfonamides is 1. The predicted octanol–water partition coefficient (Wildman–Crippen LogP) is 2.20. The van der Waals surface area contributed by atoms with Crippen molar-refractivity contribution >= 4 is 32.5 Å². The summed E-state index contributed by atoms with van der Waals surface area (Å²) in [5.74, 6) is -0.512. The first-order chi connectivity index (χ1) is 11.4. The molecule has 2 aromatic heterocycles. The molecular formula is C16H16N2O4S2. The fourth-order valence-electron chi connectivity index (χ4n) is 2.87. The maximum Gasteiger partial charge on any atom is 0.419 e. The first-order valence-corrected chi connectivity index (χ1v) is 9.96. The molecule has 4 rings (SSSR count). The van der Waals surface area contributed by atoms with Gasteiger partial charge in [-0.2, -0.15) is 11.3 Å². The zero-order valence-corrected chi connectivity index (χ0v) is 14.6. The Morgan fingerprint density at radius 2 is 2.12 bits per heavy atom. The van der Waals surface area contributed by atoms with E-state index in [1.54, 1.807) is 18.4 Å². The standard InChI is InChI=1S/C16H16N2O4S2/c1-18-13-8-12(2-3-14(13)22-15(18)19)24(20,21)17-10-16(5-6-16)11-4-7-23-9-11/h2-4,7-9,17H,5-6,10H2,1H3. The quantitative estimate of drug-likeness (QED) is 0.752. The maximum atomic E-state index is 12.6. The van der Waals surface area contributed by atoms with Crippen LogP contribution in [-0.4, -0.2) is 19.5 Å². The summed E-state index contributed by atoms with van der Waals surface area (Å²) in [5, 5.41) is 4.09. The van der Waals surface area contributed by atoms with Gasteiger partial charge >= 0.3 is 5.76 Å². The summed E-state index contributed by atoms with van der Waals surface area (Å²) in [5.41, 5.74) is 1.96. The summed E-state index contributed by atoms with van der Waals surface area (Å²) < 4.78 is 34.3. The van der Waals surface area contributed by atoms with E-state index >= 15 is 0 Å². The lowest BCUT2D eigenvalue weighted by Crippen LogP contribution is -2.32. The number of oxazole rings is 1. The third kappa shape index (κ3) is 2.51. The molecule has 1 aromatic carbocycles. The number of nitrogens with zero attached hydrogens (tertiary/aromatic N) is 1. The van der Waals surface area contributed by atoms with Crippen LogP contribution < -0.4 is 10.5 Å². The van der Waals surface area contributed by atoms with Crippen LogP contribution in [0.15, 0.2) is 49.1 Å². The van der Waals surface area contributed by atoms with E-state index in [-0.39, 0.29) is 10.3 Å². The number of rotatable bonds is 5. The topological polar surface area (TPSA) is 81.3 Å². The van der Waals surface area contributed by atoms with Crippen molar-refractivity contribution in [2.45, 2.75) is 23.2 Å². The highest BCUT2D eigenvalue weighted by atomic mass is 32.2. The van der Waals surface area contributed by atoms with Crippen LogP contribution in [0, 0.1) is 0 Å². The molecular weight excluding hydrogens is 348 g/mol. The molecule has 0 amide bonds. The molecule has 1 fully saturated rings. The Morgan fingerprint density at radius 1 is 1.33 bits per heavy atom. The molecule has 0 spiro atoms. The molecule has 2 heterocycles. The van der Waals surface area contributed by atoms with Gasteiger partial charge in [0.15, 0.2) is 5.58 Å². The Kier molecular flexibility index (Phi) is 3.45. The minimum atomic E-state index is -3.65. The number of aryl methyl sites for hydroxylation is 1. The van der Waals surface area contributed by atoms with Gasteiger partial charge in [0.1, 0.15) is 0 Å². The Labute approximate surface area is 142 Å². The molecule has 3 aromatic rings. The van der Waals surface area contributed by atoms with Gasteiger partial charge in [0.25, 0.3) is 0 Å². The number of fused-ring (bicyclic) bond motifs is 1. The fourth-order valence-corrected chi connectivity index (χ4v) is 4.80. The first-order valence-electron chi connectivity index (χ1n) is 7.53. The van der Waals surface area contributed by atoms with Gasteiger partial charge in [-0.15, -0.1) is 0 Å². The largest absolute Gasteiger partial charge is 0.419 e. The zero-order valence-electron chi connectivity index (χ0n) is 13.0. The Hall–Kier alpha value is -1.90. The summed E-state index contributed by atoms with van der Waals surface area (Å²) in [4.78, 5) is 11.7.